The lowest BCUT2D eigenvalue weighted by molar-refractivity contribution is 0.511. The van der Waals surface area contributed by atoms with Crippen molar-refractivity contribution in [2.75, 3.05) is 5.73 Å². The maximum atomic E-state index is 5.98. The molecular formula is C13H18N4. The van der Waals surface area contributed by atoms with Gasteiger partial charge in [-0.1, -0.05) is 18.9 Å². The normalized spacial score (nSPS) is 17.0. The molecule has 4 N–H and O–H groups in total. The maximum Gasteiger partial charge on any atom is 0.124 e. The first-order valence-electron chi connectivity index (χ1n) is 6.26. The molecule has 4 nitrogen and oxygen atoms in total. The van der Waals surface area contributed by atoms with E-state index in [4.69, 9.17) is 11.5 Å². The number of para-hydroxylation sites is 1. The Morgan fingerprint density at radius 3 is 2.76 bits per heavy atom. The molecule has 1 aromatic carbocycles. The fourth-order valence-electron chi connectivity index (χ4n) is 2.90. The Morgan fingerprint density at radius 1 is 1.29 bits per heavy atom. The van der Waals surface area contributed by atoms with Gasteiger partial charge in [0, 0.05) is 6.04 Å². The maximum absolute atomic E-state index is 5.98. The molecule has 90 valence electrons. The van der Waals surface area contributed by atoms with Crippen molar-refractivity contribution in [2.24, 2.45) is 5.73 Å². The summed E-state index contributed by atoms with van der Waals surface area (Å²) >= 11 is 0. The number of rotatable bonds is 2. The zero-order valence-electron chi connectivity index (χ0n) is 9.89. The standard InChI is InChI=1S/C13H18N4/c14-8-12-16-13-10(15)6-3-7-11(13)17(12)9-4-1-2-5-9/h3,6-7,9H,1-2,4-5,8,14-15H2. The van der Waals surface area contributed by atoms with E-state index in [9.17, 15) is 0 Å². The fraction of sp³-hybridized carbons (Fsp3) is 0.462. The van der Waals surface area contributed by atoms with E-state index >= 15 is 0 Å². The second kappa shape index (κ2) is 4.04. The minimum atomic E-state index is 0.477. The van der Waals surface area contributed by atoms with E-state index in [2.05, 4.69) is 15.6 Å². The second-order valence-corrected chi connectivity index (χ2v) is 4.76. The average molecular weight is 230 g/mol. The van der Waals surface area contributed by atoms with Crippen molar-refractivity contribution >= 4 is 16.7 Å². The Bertz CT molecular complexity index is 538. The molecule has 3 rings (SSSR count). The van der Waals surface area contributed by atoms with Gasteiger partial charge in [-0.15, -0.1) is 0 Å². The predicted octanol–water partition coefficient (Wildman–Crippen LogP) is 2.19. The molecule has 1 aliphatic carbocycles. The highest BCUT2D eigenvalue weighted by Gasteiger charge is 2.22. The predicted molar refractivity (Wildman–Crippen MR) is 69.5 cm³/mol. The lowest BCUT2D eigenvalue weighted by Gasteiger charge is -2.15. The van der Waals surface area contributed by atoms with Crippen LogP contribution in [-0.2, 0) is 6.54 Å². The third kappa shape index (κ3) is 1.60. The van der Waals surface area contributed by atoms with Gasteiger partial charge in [-0.05, 0) is 25.0 Å². The quantitative estimate of drug-likeness (QED) is 0.777. The van der Waals surface area contributed by atoms with Gasteiger partial charge < -0.3 is 16.0 Å². The summed E-state index contributed by atoms with van der Waals surface area (Å²) < 4.78 is 2.30. The molecule has 1 aromatic heterocycles. The second-order valence-electron chi connectivity index (χ2n) is 4.76. The molecule has 1 saturated carbocycles. The molecule has 1 heterocycles. The molecule has 2 aromatic rings. The number of nitrogens with zero attached hydrogens (tertiary/aromatic N) is 2. The Balaban J connectivity index is 2.22. The van der Waals surface area contributed by atoms with E-state index < -0.39 is 0 Å². The van der Waals surface area contributed by atoms with E-state index in [0.717, 1.165) is 22.5 Å². The van der Waals surface area contributed by atoms with Crippen molar-refractivity contribution in [1.29, 1.82) is 0 Å². The highest BCUT2D eigenvalue weighted by Crippen LogP contribution is 2.34. The Kier molecular flexibility index (Phi) is 2.52. The van der Waals surface area contributed by atoms with Crippen LogP contribution < -0.4 is 11.5 Å². The summed E-state index contributed by atoms with van der Waals surface area (Å²) in [5.41, 5.74) is 14.6. The van der Waals surface area contributed by atoms with Gasteiger partial charge in [0.05, 0.1) is 17.7 Å². The van der Waals surface area contributed by atoms with Gasteiger partial charge >= 0.3 is 0 Å². The Labute approximate surface area is 101 Å². The van der Waals surface area contributed by atoms with Crippen LogP contribution in [0, 0.1) is 0 Å². The highest BCUT2D eigenvalue weighted by atomic mass is 15.1. The molecule has 0 bridgehead atoms. The number of hydrogen-bond acceptors (Lipinski definition) is 3. The van der Waals surface area contributed by atoms with Gasteiger partial charge in [0.1, 0.15) is 11.3 Å². The molecule has 0 aliphatic heterocycles. The van der Waals surface area contributed by atoms with Crippen LogP contribution in [0.2, 0.25) is 0 Å². The zero-order chi connectivity index (χ0) is 11.8. The van der Waals surface area contributed by atoms with Crippen LogP contribution in [0.25, 0.3) is 11.0 Å². The van der Waals surface area contributed by atoms with Crippen molar-refractivity contribution in [3.8, 4) is 0 Å². The van der Waals surface area contributed by atoms with Crippen LogP contribution in [0.1, 0.15) is 37.5 Å². The highest BCUT2D eigenvalue weighted by molar-refractivity contribution is 5.87. The van der Waals surface area contributed by atoms with Gasteiger partial charge in [-0.25, -0.2) is 4.98 Å². The lowest BCUT2D eigenvalue weighted by Crippen LogP contribution is -2.12. The minimum absolute atomic E-state index is 0.477. The minimum Gasteiger partial charge on any atom is -0.397 e. The third-order valence-corrected chi connectivity index (χ3v) is 3.70. The number of aromatic nitrogens is 2. The lowest BCUT2D eigenvalue weighted by atomic mass is 10.2. The summed E-state index contributed by atoms with van der Waals surface area (Å²) in [6.45, 7) is 0.477. The number of fused-ring (bicyclic) bond motifs is 1. The summed E-state index contributed by atoms with van der Waals surface area (Å²) in [6.07, 6.45) is 5.06. The molecule has 0 radical (unpaired) electrons. The van der Waals surface area contributed by atoms with Crippen LogP contribution in [0.5, 0.6) is 0 Å². The number of nitrogen functional groups attached to an aromatic ring is 1. The molecule has 1 aliphatic rings. The number of imidazole rings is 1. The molecule has 0 unspecified atom stereocenters. The molecule has 0 amide bonds. The largest absolute Gasteiger partial charge is 0.397 e. The van der Waals surface area contributed by atoms with E-state index in [1.54, 1.807) is 0 Å². The first-order valence-corrected chi connectivity index (χ1v) is 6.26. The summed E-state index contributed by atoms with van der Waals surface area (Å²) in [4.78, 5) is 4.59. The Hall–Kier alpha value is -1.55. The number of nitrogens with two attached hydrogens (primary N) is 2. The molecule has 0 spiro atoms. The average Bonchev–Trinajstić information content (AvgIpc) is 2.94. The smallest absolute Gasteiger partial charge is 0.124 e. The summed E-state index contributed by atoms with van der Waals surface area (Å²) in [6, 6.07) is 6.54. The van der Waals surface area contributed by atoms with Crippen molar-refractivity contribution in [3.63, 3.8) is 0 Å². The summed E-state index contributed by atoms with van der Waals surface area (Å²) in [5, 5.41) is 0. The molecule has 4 heteroatoms. The van der Waals surface area contributed by atoms with Crippen molar-refractivity contribution in [3.05, 3.63) is 24.0 Å². The van der Waals surface area contributed by atoms with E-state index in [-0.39, 0.29) is 0 Å². The van der Waals surface area contributed by atoms with Crippen molar-refractivity contribution < 1.29 is 0 Å². The van der Waals surface area contributed by atoms with Crippen LogP contribution >= 0.6 is 0 Å². The van der Waals surface area contributed by atoms with Crippen LogP contribution in [0.15, 0.2) is 18.2 Å². The molecule has 0 atom stereocenters. The third-order valence-electron chi connectivity index (χ3n) is 3.70. The SMILES string of the molecule is NCc1nc2c(N)cccc2n1C1CCCC1. The monoisotopic (exact) mass is 230 g/mol. The van der Waals surface area contributed by atoms with Gasteiger partial charge in [0.15, 0.2) is 0 Å². The van der Waals surface area contributed by atoms with Crippen LogP contribution in [0.3, 0.4) is 0 Å². The number of anilines is 1. The van der Waals surface area contributed by atoms with Crippen LogP contribution in [0.4, 0.5) is 5.69 Å². The van der Waals surface area contributed by atoms with Gasteiger partial charge in [-0.3, -0.25) is 0 Å². The summed E-state index contributed by atoms with van der Waals surface area (Å²) in [5.74, 6) is 0.963. The fourth-order valence-corrected chi connectivity index (χ4v) is 2.90. The van der Waals surface area contributed by atoms with Crippen molar-refractivity contribution in [1.82, 2.24) is 9.55 Å². The topological polar surface area (TPSA) is 69.9 Å². The van der Waals surface area contributed by atoms with Crippen LogP contribution in [-0.4, -0.2) is 9.55 Å². The van der Waals surface area contributed by atoms with Gasteiger partial charge in [-0.2, -0.15) is 0 Å². The molecule has 0 saturated heterocycles. The van der Waals surface area contributed by atoms with E-state index in [0.29, 0.717) is 12.6 Å². The first kappa shape index (κ1) is 10.6. The number of benzene rings is 1. The zero-order valence-corrected chi connectivity index (χ0v) is 9.89. The molecule has 1 fully saturated rings. The van der Waals surface area contributed by atoms with E-state index in [1.165, 1.54) is 25.7 Å². The van der Waals surface area contributed by atoms with Gasteiger partial charge in [0.2, 0.25) is 0 Å². The van der Waals surface area contributed by atoms with Gasteiger partial charge in [0.25, 0.3) is 0 Å². The Morgan fingerprint density at radius 2 is 2.06 bits per heavy atom. The molecular weight excluding hydrogens is 212 g/mol. The molecule has 17 heavy (non-hydrogen) atoms. The summed E-state index contributed by atoms with van der Waals surface area (Å²) in [7, 11) is 0. The first-order chi connectivity index (χ1) is 8.31. The van der Waals surface area contributed by atoms with Crippen molar-refractivity contribution in [2.45, 2.75) is 38.3 Å². The van der Waals surface area contributed by atoms with E-state index in [1.807, 2.05) is 12.1 Å². The number of hydrogen-bond donors (Lipinski definition) is 2.